The number of ether oxygens (including phenoxy) is 1. The zero-order chi connectivity index (χ0) is 30.0. The van der Waals surface area contributed by atoms with E-state index in [0.717, 1.165) is 80.1 Å². The summed E-state index contributed by atoms with van der Waals surface area (Å²) in [4.78, 5) is 32.2. The number of rotatable bonds is 7. The second-order valence-electron chi connectivity index (χ2n) is 13.7. The van der Waals surface area contributed by atoms with Crippen LogP contribution in [0.2, 0.25) is 5.02 Å². The quantitative estimate of drug-likeness (QED) is 0.334. The van der Waals surface area contributed by atoms with Crippen LogP contribution in [-0.2, 0) is 4.74 Å². The fourth-order valence-corrected chi connectivity index (χ4v) is 7.09. The van der Waals surface area contributed by atoms with E-state index in [0.29, 0.717) is 22.9 Å². The fourth-order valence-electron chi connectivity index (χ4n) is 6.90. The summed E-state index contributed by atoms with van der Waals surface area (Å²) in [5.41, 5.74) is 2.39. The molecule has 3 aliphatic rings. The molecule has 0 saturated carbocycles. The van der Waals surface area contributed by atoms with Crippen LogP contribution in [0.25, 0.3) is 22.2 Å². The number of nitrogens with one attached hydrogen (secondary N) is 2. The molecule has 3 saturated heterocycles. The topological polar surface area (TPSA) is 89.6 Å². The van der Waals surface area contributed by atoms with Crippen LogP contribution in [0, 0.1) is 11.8 Å². The highest BCUT2D eigenvalue weighted by Crippen LogP contribution is 2.33. The van der Waals surface area contributed by atoms with Crippen molar-refractivity contribution in [3.8, 4) is 11.3 Å². The number of carbonyl (C=O) groups excluding carboxylic acids is 1. The number of para-hydroxylation sites is 1. The molecule has 5 heterocycles. The molecule has 3 aliphatic heterocycles. The first-order chi connectivity index (χ1) is 20.7. The summed E-state index contributed by atoms with van der Waals surface area (Å²) in [7, 11) is 0. The van der Waals surface area contributed by atoms with Crippen LogP contribution in [0.1, 0.15) is 52.9 Å². The van der Waals surface area contributed by atoms with Gasteiger partial charge in [0.15, 0.2) is 0 Å². The number of H-pyrrole nitrogens is 1. The third kappa shape index (κ3) is 7.62. The number of likely N-dealkylation sites (tertiary alicyclic amines) is 3. The summed E-state index contributed by atoms with van der Waals surface area (Å²) in [5, 5.41) is 5.25. The molecule has 6 rings (SSSR count). The maximum Gasteiger partial charge on any atom is 0.410 e. The van der Waals surface area contributed by atoms with Crippen LogP contribution in [0.5, 0.6) is 0 Å². The molecule has 10 heteroatoms. The monoisotopic (exact) mass is 607 g/mol. The van der Waals surface area contributed by atoms with Crippen LogP contribution in [-0.4, -0.2) is 99.7 Å². The molecular formula is C33H46ClN7O2. The van der Waals surface area contributed by atoms with Gasteiger partial charge in [-0.3, -0.25) is 0 Å². The van der Waals surface area contributed by atoms with Gasteiger partial charge in [0.2, 0.25) is 5.95 Å². The SMILES string of the molecule is CC(C)(C)OC(=O)N1CCC(CN2CCC(CN3CCC(Nc4ncc(Cl)c(-c5c[nH]c6ccccc56)n4)C3)CC2)CC1. The number of hydrogen-bond acceptors (Lipinski definition) is 7. The van der Waals surface area contributed by atoms with Crippen molar-refractivity contribution in [1.82, 2.24) is 29.7 Å². The largest absolute Gasteiger partial charge is 0.444 e. The van der Waals surface area contributed by atoms with Gasteiger partial charge in [-0.1, -0.05) is 29.8 Å². The number of aromatic nitrogens is 3. The Balaban J connectivity index is 0.927. The van der Waals surface area contributed by atoms with E-state index in [1.807, 2.05) is 44.0 Å². The highest BCUT2D eigenvalue weighted by atomic mass is 35.5. The first-order valence-corrected chi connectivity index (χ1v) is 16.4. The molecule has 0 bridgehead atoms. The Morgan fingerprint density at radius 2 is 1.67 bits per heavy atom. The van der Waals surface area contributed by atoms with Crippen molar-refractivity contribution in [2.24, 2.45) is 11.8 Å². The maximum absolute atomic E-state index is 12.4. The number of halogens is 1. The third-order valence-electron chi connectivity index (χ3n) is 9.20. The Labute approximate surface area is 260 Å². The van der Waals surface area contributed by atoms with Crippen molar-refractivity contribution in [2.75, 3.05) is 57.7 Å². The molecule has 1 amide bonds. The average molecular weight is 608 g/mol. The van der Waals surface area contributed by atoms with E-state index in [9.17, 15) is 4.79 Å². The van der Waals surface area contributed by atoms with Crippen LogP contribution in [0.3, 0.4) is 0 Å². The van der Waals surface area contributed by atoms with Crippen LogP contribution in [0.4, 0.5) is 10.7 Å². The Bertz CT molecular complexity index is 1390. The van der Waals surface area contributed by atoms with Crippen molar-refractivity contribution < 1.29 is 9.53 Å². The summed E-state index contributed by atoms with van der Waals surface area (Å²) in [6.07, 6.45) is 9.28. The number of piperidine rings is 2. The van der Waals surface area contributed by atoms with Gasteiger partial charge in [-0.25, -0.2) is 14.8 Å². The summed E-state index contributed by atoms with van der Waals surface area (Å²) in [5.74, 6) is 2.07. The number of amides is 1. The van der Waals surface area contributed by atoms with E-state index < -0.39 is 5.60 Å². The van der Waals surface area contributed by atoms with E-state index in [4.69, 9.17) is 21.3 Å². The minimum absolute atomic E-state index is 0.165. The number of fused-ring (bicyclic) bond motifs is 1. The Hall–Kier alpha value is -2.88. The average Bonchev–Trinajstić information content (AvgIpc) is 3.61. The van der Waals surface area contributed by atoms with Gasteiger partial charge in [-0.15, -0.1) is 0 Å². The maximum atomic E-state index is 12.4. The van der Waals surface area contributed by atoms with Crippen molar-refractivity contribution >= 4 is 34.5 Å². The Morgan fingerprint density at radius 3 is 2.42 bits per heavy atom. The van der Waals surface area contributed by atoms with Crippen LogP contribution >= 0.6 is 11.6 Å². The van der Waals surface area contributed by atoms with Gasteiger partial charge < -0.3 is 29.7 Å². The lowest BCUT2D eigenvalue weighted by Crippen LogP contribution is -2.45. The Morgan fingerprint density at radius 1 is 1.00 bits per heavy atom. The predicted molar refractivity (Wildman–Crippen MR) is 172 cm³/mol. The molecule has 232 valence electrons. The second kappa shape index (κ2) is 13.0. The fraction of sp³-hybridized carbons (Fsp3) is 0.606. The van der Waals surface area contributed by atoms with E-state index in [2.05, 4.69) is 37.2 Å². The van der Waals surface area contributed by atoms with E-state index in [1.54, 1.807) is 6.20 Å². The number of anilines is 1. The smallest absolute Gasteiger partial charge is 0.410 e. The summed E-state index contributed by atoms with van der Waals surface area (Å²) in [6.45, 7) is 14.2. The van der Waals surface area contributed by atoms with Gasteiger partial charge >= 0.3 is 6.09 Å². The molecule has 0 spiro atoms. The lowest BCUT2D eigenvalue weighted by Gasteiger charge is -2.38. The molecule has 1 aromatic carbocycles. The molecular weight excluding hydrogens is 562 g/mol. The zero-order valence-electron chi connectivity index (χ0n) is 25.8. The molecule has 0 aliphatic carbocycles. The summed E-state index contributed by atoms with van der Waals surface area (Å²) in [6, 6.07) is 8.54. The van der Waals surface area contributed by atoms with Crippen molar-refractivity contribution in [1.29, 1.82) is 0 Å². The molecule has 43 heavy (non-hydrogen) atoms. The van der Waals surface area contributed by atoms with Gasteiger partial charge in [-0.2, -0.15) is 0 Å². The molecule has 2 N–H and O–H groups in total. The standard InChI is InChI=1S/C33H46ClN7O2/c1-33(2,3)43-32(42)41-16-10-24(11-17-41)20-39-13-8-23(9-14-39)21-40-15-12-25(22-40)37-31-36-19-28(34)30(38-31)27-18-35-29-7-5-4-6-26(27)29/h4-7,18-19,23-25,35H,8-17,20-22H2,1-3H3,(H,36,37,38). The van der Waals surface area contributed by atoms with Gasteiger partial charge in [0, 0.05) is 68.0 Å². The lowest BCUT2D eigenvalue weighted by molar-refractivity contribution is 0.0162. The van der Waals surface area contributed by atoms with E-state index >= 15 is 0 Å². The predicted octanol–water partition coefficient (Wildman–Crippen LogP) is 6.12. The number of hydrogen-bond donors (Lipinski definition) is 2. The number of aromatic amines is 1. The Kier molecular flexibility index (Phi) is 9.12. The first kappa shape index (κ1) is 30.2. The molecule has 2 aromatic heterocycles. The van der Waals surface area contributed by atoms with Gasteiger partial charge in [0.1, 0.15) is 5.60 Å². The normalized spacial score (nSPS) is 21.5. The highest BCUT2D eigenvalue weighted by molar-refractivity contribution is 6.33. The van der Waals surface area contributed by atoms with Gasteiger partial charge in [-0.05, 0) is 83.9 Å². The molecule has 3 aromatic rings. The van der Waals surface area contributed by atoms with Gasteiger partial charge in [0.05, 0.1) is 16.9 Å². The lowest BCUT2D eigenvalue weighted by atomic mass is 9.92. The number of benzene rings is 1. The van der Waals surface area contributed by atoms with Crippen molar-refractivity contribution in [3.63, 3.8) is 0 Å². The molecule has 9 nitrogen and oxygen atoms in total. The van der Waals surface area contributed by atoms with Gasteiger partial charge in [0.25, 0.3) is 0 Å². The van der Waals surface area contributed by atoms with E-state index in [-0.39, 0.29) is 6.09 Å². The molecule has 0 radical (unpaired) electrons. The van der Waals surface area contributed by atoms with E-state index in [1.165, 1.54) is 32.5 Å². The second-order valence-corrected chi connectivity index (χ2v) is 14.1. The van der Waals surface area contributed by atoms with Crippen LogP contribution in [0.15, 0.2) is 36.7 Å². The number of nitrogens with zero attached hydrogens (tertiary/aromatic N) is 5. The van der Waals surface area contributed by atoms with Crippen molar-refractivity contribution in [3.05, 3.63) is 41.7 Å². The zero-order valence-corrected chi connectivity index (χ0v) is 26.6. The first-order valence-electron chi connectivity index (χ1n) is 16.0. The molecule has 1 unspecified atom stereocenters. The summed E-state index contributed by atoms with van der Waals surface area (Å²) < 4.78 is 5.56. The third-order valence-corrected chi connectivity index (χ3v) is 9.48. The highest BCUT2D eigenvalue weighted by Gasteiger charge is 2.30. The molecule has 3 fully saturated rings. The summed E-state index contributed by atoms with van der Waals surface area (Å²) >= 11 is 6.54. The molecule has 1 atom stereocenters. The van der Waals surface area contributed by atoms with Crippen LogP contribution < -0.4 is 5.32 Å². The minimum Gasteiger partial charge on any atom is -0.444 e. The number of carbonyl (C=O) groups is 1. The minimum atomic E-state index is -0.432. The van der Waals surface area contributed by atoms with Crippen molar-refractivity contribution in [2.45, 2.75) is 64.5 Å².